The summed E-state index contributed by atoms with van der Waals surface area (Å²) in [6.07, 6.45) is 1.53. The van der Waals surface area contributed by atoms with E-state index in [1.807, 2.05) is 48.5 Å². The van der Waals surface area contributed by atoms with Crippen molar-refractivity contribution >= 4 is 12.2 Å². The van der Waals surface area contributed by atoms with Gasteiger partial charge in [-0.25, -0.2) is 10.2 Å². The number of rotatable bonds is 4. The first-order chi connectivity index (χ1) is 9.70. The molecule has 0 radical (unpaired) electrons. The van der Waals surface area contributed by atoms with E-state index in [4.69, 9.17) is 5.73 Å². The van der Waals surface area contributed by atoms with Crippen LogP contribution in [0.2, 0.25) is 0 Å². The molecule has 4 N–H and O–H groups in total. The van der Waals surface area contributed by atoms with Gasteiger partial charge in [0, 0.05) is 5.56 Å². The number of nitrogens with one attached hydrogen (secondary N) is 1. The van der Waals surface area contributed by atoms with Gasteiger partial charge in [0.25, 0.3) is 0 Å². The van der Waals surface area contributed by atoms with E-state index >= 15 is 0 Å². The number of nitrogens with two attached hydrogens (primary N) is 1. The van der Waals surface area contributed by atoms with Crippen LogP contribution in [0.25, 0.3) is 11.1 Å². The highest BCUT2D eigenvalue weighted by atomic mass is 16.3. The summed E-state index contributed by atoms with van der Waals surface area (Å²) in [5, 5.41) is 13.0. The number of nitrogens with zero attached hydrogens (tertiary/aromatic N) is 1. The van der Waals surface area contributed by atoms with Gasteiger partial charge in [0.15, 0.2) is 0 Å². The second-order valence-corrected chi connectivity index (χ2v) is 4.18. The molecule has 0 saturated heterocycles. The molecule has 2 rings (SSSR count). The smallest absolute Gasteiger partial charge is 0.332 e. The number of carbonyl (C=O) groups is 1. The number of urea groups is 1. The second-order valence-electron chi connectivity index (χ2n) is 4.18. The predicted molar refractivity (Wildman–Crippen MR) is 78.1 cm³/mol. The molecule has 0 aliphatic carbocycles. The lowest BCUT2D eigenvalue weighted by molar-refractivity contribution is 0.249. The van der Waals surface area contributed by atoms with Crippen LogP contribution in [0.1, 0.15) is 11.1 Å². The van der Waals surface area contributed by atoms with Gasteiger partial charge in [-0.1, -0.05) is 42.5 Å². The molecule has 0 fully saturated rings. The maximum Gasteiger partial charge on any atom is 0.332 e. The highest BCUT2D eigenvalue weighted by Gasteiger charge is 2.03. The zero-order valence-electron chi connectivity index (χ0n) is 10.8. The Morgan fingerprint density at radius 2 is 2.05 bits per heavy atom. The minimum Gasteiger partial charge on any atom is -0.392 e. The molecule has 5 nitrogen and oxygen atoms in total. The predicted octanol–water partition coefficient (Wildman–Crippen LogP) is 1.85. The summed E-state index contributed by atoms with van der Waals surface area (Å²) >= 11 is 0. The maximum absolute atomic E-state index is 10.6. The van der Waals surface area contributed by atoms with Crippen molar-refractivity contribution in [2.45, 2.75) is 6.61 Å². The van der Waals surface area contributed by atoms with E-state index in [9.17, 15) is 9.90 Å². The first-order valence-electron chi connectivity index (χ1n) is 6.08. The third-order valence-electron chi connectivity index (χ3n) is 2.76. The lowest BCUT2D eigenvalue weighted by Gasteiger charge is -2.07. The second kappa shape index (κ2) is 6.49. The Hall–Kier alpha value is -2.66. The average Bonchev–Trinajstić information content (AvgIpc) is 2.47. The van der Waals surface area contributed by atoms with Gasteiger partial charge in [0.1, 0.15) is 0 Å². The number of hydrogen-bond donors (Lipinski definition) is 3. The van der Waals surface area contributed by atoms with Crippen molar-refractivity contribution in [1.29, 1.82) is 0 Å². The van der Waals surface area contributed by atoms with Gasteiger partial charge >= 0.3 is 6.03 Å². The van der Waals surface area contributed by atoms with Crippen LogP contribution in [0.5, 0.6) is 0 Å². The molecular formula is C15H15N3O2. The number of carbonyl (C=O) groups excluding carboxylic acids is 1. The highest BCUT2D eigenvalue weighted by Crippen LogP contribution is 2.23. The van der Waals surface area contributed by atoms with Crippen molar-refractivity contribution in [3.05, 3.63) is 59.7 Å². The van der Waals surface area contributed by atoms with Crippen molar-refractivity contribution in [2.75, 3.05) is 0 Å². The molecule has 0 atom stereocenters. The summed E-state index contributed by atoms with van der Waals surface area (Å²) < 4.78 is 0. The zero-order chi connectivity index (χ0) is 14.4. The minimum atomic E-state index is -0.707. The van der Waals surface area contributed by atoms with Crippen LogP contribution < -0.4 is 11.2 Å². The fraction of sp³-hybridized carbons (Fsp3) is 0.0667. The zero-order valence-corrected chi connectivity index (χ0v) is 10.8. The van der Waals surface area contributed by atoms with Gasteiger partial charge in [-0.2, -0.15) is 5.10 Å². The van der Waals surface area contributed by atoms with Crippen molar-refractivity contribution in [1.82, 2.24) is 5.43 Å². The molecule has 20 heavy (non-hydrogen) atoms. The Kier molecular flexibility index (Phi) is 4.47. The first-order valence-corrected chi connectivity index (χ1v) is 6.08. The summed E-state index contributed by atoms with van der Waals surface area (Å²) in [4.78, 5) is 10.6. The van der Waals surface area contributed by atoms with E-state index in [0.29, 0.717) is 0 Å². The van der Waals surface area contributed by atoms with Crippen molar-refractivity contribution in [3.63, 3.8) is 0 Å². The molecule has 0 unspecified atom stereocenters. The van der Waals surface area contributed by atoms with E-state index in [0.717, 1.165) is 22.3 Å². The molecule has 0 saturated carbocycles. The van der Waals surface area contributed by atoms with Crippen LogP contribution in [0.15, 0.2) is 53.6 Å². The third kappa shape index (κ3) is 3.43. The Labute approximate surface area is 116 Å². The van der Waals surface area contributed by atoms with Crippen LogP contribution in [0, 0.1) is 0 Å². The topological polar surface area (TPSA) is 87.7 Å². The summed E-state index contributed by atoms with van der Waals surface area (Å²) in [5.74, 6) is 0. The quantitative estimate of drug-likeness (QED) is 0.584. The van der Waals surface area contributed by atoms with Crippen LogP contribution in [0.4, 0.5) is 4.79 Å². The average molecular weight is 269 g/mol. The lowest BCUT2D eigenvalue weighted by Crippen LogP contribution is -2.24. The van der Waals surface area contributed by atoms with E-state index < -0.39 is 6.03 Å². The molecule has 2 aromatic rings. The summed E-state index contributed by atoms with van der Waals surface area (Å²) in [6.45, 7) is -0.00662. The molecule has 0 aliphatic rings. The number of amides is 2. The molecule has 0 aromatic heterocycles. The van der Waals surface area contributed by atoms with Crippen LogP contribution in [-0.4, -0.2) is 17.4 Å². The molecule has 0 spiro atoms. The summed E-state index contributed by atoms with van der Waals surface area (Å²) in [5.41, 5.74) is 10.7. The Balaban J connectivity index is 2.36. The number of hydrazone groups is 1. The number of hydrogen-bond acceptors (Lipinski definition) is 3. The molecule has 2 aromatic carbocycles. The third-order valence-corrected chi connectivity index (χ3v) is 2.76. The molecule has 5 heteroatoms. The van der Waals surface area contributed by atoms with Crippen LogP contribution in [0.3, 0.4) is 0 Å². The summed E-state index contributed by atoms with van der Waals surface area (Å²) in [7, 11) is 0. The molecule has 0 bridgehead atoms. The number of aliphatic hydroxyl groups excluding tert-OH is 1. The maximum atomic E-state index is 10.6. The standard InChI is InChI=1S/C15H15N3O2/c16-15(20)18-17-9-13-5-1-2-7-14(13)12-6-3-4-11(8-12)10-19/h1-9,19H,10H2,(H3,16,18,20). The van der Waals surface area contributed by atoms with Crippen LogP contribution >= 0.6 is 0 Å². The lowest BCUT2D eigenvalue weighted by atomic mass is 9.99. The van der Waals surface area contributed by atoms with Gasteiger partial charge in [0.05, 0.1) is 12.8 Å². The van der Waals surface area contributed by atoms with Crippen LogP contribution in [-0.2, 0) is 6.61 Å². The SMILES string of the molecule is NC(=O)NN=Cc1ccccc1-c1cccc(CO)c1. The molecular weight excluding hydrogens is 254 g/mol. The van der Waals surface area contributed by atoms with E-state index in [2.05, 4.69) is 10.5 Å². The normalized spacial score (nSPS) is 10.7. The van der Waals surface area contributed by atoms with E-state index in [-0.39, 0.29) is 6.61 Å². The largest absolute Gasteiger partial charge is 0.392 e. The van der Waals surface area contributed by atoms with Gasteiger partial charge in [-0.3, -0.25) is 0 Å². The van der Waals surface area contributed by atoms with E-state index in [1.165, 1.54) is 6.21 Å². The Bertz CT molecular complexity index is 639. The monoisotopic (exact) mass is 269 g/mol. The minimum absolute atomic E-state index is 0.00662. The molecule has 2 amide bonds. The fourth-order valence-corrected chi connectivity index (χ4v) is 1.88. The highest BCUT2D eigenvalue weighted by molar-refractivity contribution is 5.91. The van der Waals surface area contributed by atoms with Gasteiger partial charge in [-0.15, -0.1) is 0 Å². The fourth-order valence-electron chi connectivity index (χ4n) is 1.88. The molecule has 102 valence electrons. The van der Waals surface area contributed by atoms with Gasteiger partial charge in [-0.05, 0) is 22.8 Å². The van der Waals surface area contributed by atoms with Crippen molar-refractivity contribution < 1.29 is 9.90 Å². The van der Waals surface area contributed by atoms with Crippen molar-refractivity contribution in [3.8, 4) is 11.1 Å². The number of primary amides is 1. The first kappa shape index (κ1) is 13.8. The number of aliphatic hydroxyl groups is 1. The van der Waals surface area contributed by atoms with E-state index in [1.54, 1.807) is 0 Å². The van der Waals surface area contributed by atoms with Gasteiger partial charge < -0.3 is 10.8 Å². The van der Waals surface area contributed by atoms with Gasteiger partial charge in [0.2, 0.25) is 0 Å². The number of benzene rings is 2. The van der Waals surface area contributed by atoms with Crippen molar-refractivity contribution in [2.24, 2.45) is 10.8 Å². The Morgan fingerprint density at radius 3 is 2.80 bits per heavy atom. The Morgan fingerprint density at radius 1 is 1.25 bits per heavy atom. The molecule has 0 heterocycles. The summed E-state index contributed by atoms with van der Waals surface area (Å²) in [6, 6.07) is 14.5. The molecule has 0 aliphatic heterocycles.